The molecule has 1 heterocycles. The van der Waals surface area contributed by atoms with Crippen molar-refractivity contribution >= 4 is 5.69 Å². The maximum Gasteiger partial charge on any atom is 0.123 e. The molecule has 82 valence electrons. The van der Waals surface area contributed by atoms with Crippen molar-refractivity contribution in [3.05, 3.63) is 29.6 Å². The second kappa shape index (κ2) is 4.19. The van der Waals surface area contributed by atoms with E-state index >= 15 is 0 Å². The number of benzene rings is 1. The highest BCUT2D eigenvalue weighted by Gasteiger charge is 2.22. The van der Waals surface area contributed by atoms with Gasteiger partial charge in [0.15, 0.2) is 0 Å². The predicted octanol–water partition coefficient (Wildman–Crippen LogP) is 1.92. The smallest absolute Gasteiger partial charge is 0.123 e. The van der Waals surface area contributed by atoms with E-state index in [1.165, 1.54) is 6.07 Å². The number of halogens is 1. The summed E-state index contributed by atoms with van der Waals surface area (Å²) in [6, 6.07) is 4.98. The first-order chi connectivity index (χ1) is 7.20. The second-order valence-electron chi connectivity index (χ2n) is 4.27. The third kappa shape index (κ3) is 2.12. The van der Waals surface area contributed by atoms with E-state index in [-0.39, 0.29) is 5.82 Å². The molecule has 0 spiro atoms. The summed E-state index contributed by atoms with van der Waals surface area (Å²) in [5.74, 6) is 0.431. The predicted molar refractivity (Wildman–Crippen MR) is 60.5 cm³/mol. The molecule has 0 aliphatic carbocycles. The fraction of sp³-hybridized carbons (Fsp3) is 0.500. The van der Waals surface area contributed by atoms with E-state index in [9.17, 15) is 4.39 Å². The van der Waals surface area contributed by atoms with Gasteiger partial charge in [-0.2, -0.15) is 0 Å². The molecule has 15 heavy (non-hydrogen) atoms. The van der Waals surface area contributed by atoms with Crippen LogP contribution in [-0.2, 0) is 0 Å². The fourth-order valence-corrected chi connectivity index (χ4v) is 2.22. The van der Waals surface area contributed by atoms with Gasteiger partial charge in [-0.3, -0.25) is 0 Å². The molecular weight excluding hydrogens is 191 g/mol. The van der Waals surface area contributed by atoms with Gasteiger partial charge in [-0.25, -0.2) is 4.39 Å². The number of anilines is 1. The van der Waals surface area contributed by atoms with Gasteiger partial charge in [0.25, 0.3) is 0 Å². The van der Waals surface area contributed by atoms with Crippen molar-refractivity contribution in [3.63, 3.8) is 0 Å². The van der Waals surface area contributed by atoms with Crippen molar-refractivity contribution < 1.29 is 4.39 Å². The lowest BCUT2D eigenvalue weighted by Crippen LogP contribution is -2.23. The normalized spacial score (nSPS) is 21.0. The number of nitrogens with zero attached hydrogens (tertiary/aromatic N) is 1. The molecule has 1 aromatic rings. The summed E-state index contributed by atoms with van der Waals surface area (Å²) in [6.07, 6.45) is 1.15. The van der Waals surface area contributed by atoms with E-state index in [1.807, 2.05) is 13.0 Å². The Kier molecular flexibility index (Phi) is 2.91. The van der Waals surface area contributed by atoms with Crippen LogP contribution in [0, 0.1) is 18.7 Å². The van der Waals surface area contributed by atoms with Gasteiger partial charge >= 0.3 is 0 Å². The van der Waals surface area contributed by atoms with E-state index in [0.717, 1.165) is 37.3 Å². The van der Waals surface area contributed by atoms with Crippen molar-refractivity contribution in [2.45, 2.75) is 13.3 Å². The molecule has 2 rings (SSSR count). The number of aryl methyl sites for hydroxylation is 1. The van der Waals surface area contributed by atoms with Gasteiger partial charge in [-0.05, 0) is 49.6 Å². The zero-order valence-electron chi connectivity index (χ0n) is 9.04. The zero-order chi connectivity index (χ0) is 10.8. The second-order valence-corrected chi connectivity index (χ2v) is 4.27. The molecule has 3 heteroatoms. The average Bonchev–Trinajstić information content (AvgIpc) is 2.66. The Morgan fingerprint density at radius 3 is 2.93 bits per heavy atom. The lowest BCUT2D eigenvalue weighted by Gasteiger charge is -2.20. The first kappa shape index (κ1) is 10.4. The van der Waals surface area contributed by atoms with Gasteiger partial charge in [-0.1, -0.05) is 0 Å². The Labute approximate surface area is 89.9 Å². The molecule has 1 aliphatic rings. The van der Waals surface area contributed by atoms with Crippen LogP contribution in [0.25, 0.3) is 0 Å². The van der Waals surface area contributed by atoms with Gasteiger partial charge in [-0.15, -0.1) is 0 Å². The van der Waals surface area contributed by atoms with Gasteiger partial charge in [0, 0.05) is 18.8 Å². The van der Waals surface area contributed by atoms with Gasteiger partial charge in [0.2, 0.25) is 0 Å². The van der Waals surface area contributed by atoms with Crippen LogP contribution in [0.4, 0.5) is 10.1 Å². The lowest BCUT2D eigenvalue weighted by atomic mass is 10.1. The minimum atomic E-state index is -0.161. The molecule has 0 aromatic heterocycles. The van der Waals surface area contributed by atoms with Gasteiger partial charge in [0.05, 0.1) is 0 Å². The Bertz CT molecular complexity index is 351. The SMILES string of the molecule is Cc1cc(F)ccc1N1CCC(CN)C1. The third-order valence-electron chi connectivity index (χ3n) is 3.12. The molecule has 2 N–H and O–H groups in total. The summed E-state index contributed by atoms with van der Waals surface area (Å²) in [5.41, 5.74) is 7.80. The first-order valence-electron chi connectivity index (χ1n) is 5.42. The maximum atomic E-state index is 12.9. The standard InChI is InChI=1S/C12H17FN2/c1-9-6-11(13)2-3-12(9)15-5-4-10(7-14)8-15/h2-3,6,10H,4-5,7-8,14H2,1H3. The Morgan fingerprint density at radius 1 is 1.53 bits per heavy atom. The van der Waals surface area contributed by atoms with Crippen LogP contribution in [0.1, 0.15) is 12.0 Å². The van der Waals surface area contributed by atoms with Gasteiger partial charge in [0.1, 0.15) is 5.82 Å². The van der Waals surface area contributed by atoms with Crippen LogP contribution in [-0.4, -0.2) is 19.6 Å². The minimum absolute atomic E-state index is 0.161. The molecule has 1 unspecified atom stereocenters. The topological polar surface area (TPSA) is 29.3 Å². The van der Waals surface area contributed by atoms with Crippen LogP contribution in [0.3, 0.4) is 0 Å². The number of hydrogen-bond acceptors (Lipinski definition) is 2. The number of rotatable bonds is 2. The molecule has 0 saturated carbocycles. The fourth-order valence-electron chi connectivity index (χ4n) is 2.22. The van der Waals surface area contributed by atoms with Crippen LogP contribution in [0.2, 0.25) is 0 Å². The van der Waals surface area contributed by atoms with E-state index in [2.05, 4.69) is 4.90 Å². The van der Waals surface area contributed by atoms with E-state index < -0.39 is 0 Å². The summed E-state index contributed by atoms with van der Waals surface area (Å²) in [5, 5.41) is 0. The lowest BCUT2D eigenvalue weighted by molar-refractivity contribution is 0.602. The van der Waals surface area contributed by atoms with Gasteiger partial charge < -0.3 is 10.6 Å². The molecule has 1 fully saturated rings. The molecule has 1 aromatic carbocycles. The quantitative estimate of drug-likeness (QED) is 0.804. The third-order valence-corrected chi connectivity index (χ3v) is 3.12. The Hall–Kier alpha value is -1.09. The highest BCUT2D eigenvalue weighted by molar-refractivity contribution is 5.53. The van der Waals surface area contributed by atoms with E-state index in [1.54, 1.807) is 6.07 Å². The molecule has 1 atom stereocenters. The molecule has 0 radical (unpaired) electrons. The monoisotopic (exact) mass is 208 g/mol. The molecule has 1 saturated heterocycles. The summed E-state index contributed by atoms with van der Waals surface area (Å²) in [4.78, 5) is 2.30. The van der Waals surface area contributed by atoms with Crippen molar-refractivity contribution in [3.8, 4) is 0 Å². The van der Waals surface area contributed by atoms with E-state index in [4.69, 9.17) is 5.73 Å². The maximum absolute atomic E-state index is 12.9. The summed E-state index contributed by atoms with van der Waals surface area (Å²) in [6.45, 7) is 4.74. The molecule has 1 aliphatic heterocycles. The highest BCUT2D eigenvalue weighted by atomic mass is 19.1. The summed E-state index contributed by atoms with van der Waals surface area (Å²) < 4.78 is 12.9. The Balaban J connectivity index is 2.17. The van der Waals surface area contributed by atoms with Crippen molar-refractivity contribution in [2.24, 2.45) is 11.7 Å². The minimum Gasteiger partial charge on any atom is -0.371 e. The summed E-state index contributed by atoms with van der Waals surface area (Å²) in [7, 11) is 0. The summed E-state index contributed by atoms with van der Waals surface area (Å²) >= 11 is 0. The number of hydrogen-bond donors (Lipinski definition) is 1. The first-order valence-corrected chi connectivity index (χ1v) is 5.42. The Morgan fingerprint density at radius 2 is 2.33 bits per heavy atom. The molecular formula is C12H17FN2. The molecule has 0 bridgehead atoms. The zero-order valence-corrected chi connectivity index (χ0v) is 9.04. The van der Waals surface area contributed by atoms with Crippen molar-refractivity contribution in [2.75, 3.05) is 24.5 Å². The highest BCUT2D eigenvalue weighted by Crippen LogP contribution is 2.26. The van der Waals surface area contributed by atoms with Crippen molar-refractivity contribution in [1.29, 1.82) is 0 Å². The van der Waals surface area contributed by atoms with Crippen molar-refractivity contribution in [1.82, 2.24) is 0 Å². The average molecular weight is 208 g/mol. The van der Waals surface area contributed by atoms with E-state index in [0.29, 0.717) is 5.92 Å². The molecule has 2 nitrogen and oxygen atoms in total. The largest absolute Gasteiger partial charge is 0.371 e. The van der Waals surface area contributed by atoms with Crippen LogP contribution in [0.5, 0.6) is 0 Å². The van der Waals surface area contributed by atoms with Crippen LogP contribution >= 0.6 is 0 Å². The van der Waals surface area contributed by atoms with Crippen LogP contribution < -0.4 is 10.6 Å². The molecule has 0 amide bonds. The number of nitrogens with two attached hydrogens (primary N) is 1. The van der Waals surface area contributed by atoms with Crippen LogP contribution in [0.15, 0.2) is 18.2 Å².